The zero-order chi connectivity index (χ0) is 29.9. The molecule has 0 aromatic heterocycles. The Bertz CT molecular complexity index is 1360. The minimum absolute atomic E-state index is 0.438. The van der Waals surface area contributed by atoms with Gasteiger partial charge in [-0.05, 0) is 18.2 Å². The molecular weight excluding hydrogens is 576 g/mol. The van der Waals surface area contributed by atoms with Gasteiger partial charge in [-0.2, -0.15) is 12.9 Å². The zero-order valence-electron chi connectivity index (χ0n) is 20.8. The largest absolute Gasteiger partial charge is 0.303 e. The summed E-state index contributed by atoms with van der Waals surface area (Å²) in [6, 6.07) is 0. The van der Waals surface area contributed by atoms with Crippen LogP contribution in [0.3, 0.4) is 0 Å². The molecule has 0 bridgehead atoms. The molecule has 0 aromatic carbocycles. The van der Waals surface area contributed by atoms with Gasteiger partial charge < -0.3 is 4.90 Å². The summed E-state index contributed by atoms with van der Waals surface area (Å²) in [5, 5.41) is 1.38. The first kappa shape index (κ1) is 31.8. The molecule has 2 aliphatic rings. The summed E-state index contributed by atoms with van der Waals surface area (Å²) in [6.07, 6.45) is -1.20. The second-order valence-corrected chi connectivity index (χ2v) is 13.4. The van der Waals surface area contributed by atoms with Gasteiger partial charge in [0.2, 0.25) is 47.8 Å². The highest BCUT2D eigenvalue weighted by atomic mass is 32.2. The fourth-order valence-electron chi connectivity index (χ4n) is 3.86. The Hall–Kier alpha value is -3.42. The van der Waals surface area contributed by atoms with Crippen molar-refractivity contribution in [3.8, 4) is 0 Å². The Kier molecular flexibility index (Phi) is 9.59. The number of rotatable bonds is 10. The van der Waals surface area contributed by atoms with E-state index < -0.39 is 86.8 Å². The van der Waals surface area contributed by atoms with Crippen LogP contribution in [0.2, 0.25) is 0 Å². The van der Waals surface area contributed by atoms with Crippen molar-refractivity contribution in [2.75, 3.05) is 26.7 Å². The summed E-state index contributed by atoms with van der Waals surface area (Å²) < 4.78 is 79.6. The van der Waals surface area contributed by atoms with E-state index in [0.29, 0.717) is 29.1 Å². The molecule has 3 amide bonds. The molecule has 2 aliphatic heterocycles. The van der Waals surface area contributed by atoms with Gasteiger partial charge in [0.1, 0.15) is 25.7 Å². The molecule has 0 atom stereocenters. The molecule has 0 saturated carbocycles. The number of hydrogen-bond donors (Lipinski definition) is 0. The van der Waals surface area contributed by atoms with Crippen LogP contribution in [0.25, 0.3) is 0 Å². The zero-order valence-corrected chi connectivity index (χ0v) is 23.2. The SMILES string of the molecule is C=CC(=O)N1CN(C(=O)C=C)C(C2N(S(=O)(=O)C=C)CN(S(=O)(=O)C=C)CN2S(=O)(=O)C=C)N(C(=O)C=C)C1. The smallest absolute Gasteiger partial charge is 0.249 e. The Morgan fingerprint density at radius 2 is 0.897 bits per heavy atom. The Morgan fingerprint density at radius 3 is 1.21 bits per heavy atom. The molecule has 18 heteroatoms. The van der Waals surface area contributed by atoms with E-state index in [1.807, 2.05) is 0 Å². The molecule has 2 rings (SSSR count). The van der Waals surface area contributed by atoms with Crippen molar-refractivity contribution in [1.82, 2.24) is 27.6 Å². The normalized spacial score (nSPS) is 19.2. The fourth-order valence-corrected chi connectivity index (χ4v) is 6.88. The summed E-state index contributed by atoms with van der Waals surface area (Å²) in [6.45, 7) is 16.8. The van der Waals surface area contributed by atoms with Gasteiger partial charge in [0.25, 0.3) is 0 Å². The highest BCUT2D eigenvalue weighted by Crippen LogP contribution is 2.33. The summed E-state index contributed by atoms with van der Waals surface area (Å²) >= 11 is 0. The third-order valence-corrected chi connectivity index (χ3v) is 9.97. The fraction of sp³-hybridized carbons (Fsp3) is 0.286. The van der Waals surface area contributed by atoms with Gasteiger partial charge >= 0.3 is 0 Å². The van der Waals surface area contributed by atoms with Crippen LogP contribution in [0.5, 0.6) is 0 Å². The van der Waals surface area contributed by atoms with E-state index in [-0.39, 0.29) is 0 Å². The number of amides is 3. The van der Waals surface area contributed by atoms with E-state index in [4.69, 9.17) is 0 Å². The molecule has 39 heavy (non-hydrogen) atoms. The quantitative estimate of drug-likeness (QED) is 0.280. The predicted molar refractivity (Wildman–Crippen MR) is 141 cm³/mol. The van der Waals surface area contributed by atoms with E-state index in [1.165, 1.54) is 0 Å². The number of hydrogen-bond acceptors (Lipinski definition) is 9. The van der Waals surface area contributed by atoms with Crippen molar-refractivity contribution in [3.63, 3.8) is 0 Å². The van der Waals surface area contributed by atoms with Crippen LogP contribution in [0, 0.1) is 0 Å². The molecule has 0 spiro atoms. The molecule has 0 radical (unpaired) electrons. The Morgan fingerprint density at radius 1 is 0.538 bits per heavy atom. The Balaban J connectivity index is 2.98. The van der Waals surface area contributed by atoms with Crippen LogP contribution in [0.4, 0.5) is 0 Å². The molecule has 0 unspecified atom stereocenters. The first-order chi connectivity index (χ1) is 18.1. The Labute approximate surface area is 227 Å². The van der Waals surface area contributed by atoms with Gasteiger partial charge in [-0.15, -0.1) is 0 Å². The van der Waals surface area contributed by atoms with Crippen molar-refractivity contribution in [1.29, 1.82) is 0 Å². The van der Waals surface area contributed by atoms with Crippen LogP contribution in [0.1, 0.15) is 0 Å². The lowest BCUT2D eigenvalue weighted by Gasteiger charge is -2.55. The van der Waals surface area contributed by atoms with Gasteiger partial charge in [-0.1, -0.05) is 39.5 Å². The molecule has 0 aromatic rings. The number of carbonyl (C=O) groups is 3. The average Bonchev–Trinajstić information content (AvgIpc) is 2.94. The summed E-state index contributed by atoms with van der Waals surface area (Å²) in [5.41, 5.74) is 0. The lowest BCUT2D eigenvalue weighted by atomic mass is 10.2. The topological polar surface area (TPSA) is 173 Å². The minimum Gasteiger partial charge on any atom is -0.303 e. The van der Waals surface area contributed by atoms with Crippen molar-refractivity contribution in [3.05, 3.63) is 73.9 Å². The highest BCUT2D eigenvalue weighted by Gasteiger charge is 2.55. The van der Waals surface area contributed by atoms with Gasteiger partial charge in [0.05, 0.1) is 13.3 Å². The second-order valence-electron chi connectivity index (χ2n) is 7.86. The lowest BCUT2D eigenvalue weighted by Crippen LogP contribution is -2.76. The maximum Gasteiger partial charge on any atom is 0.249 e. The van der Waals surface area contributed by atoms with E-state index in [1.54, 1.807) is 0 Å². The van der Waals surface area contributed by atoms with Crippen molar-refractivity contribution in [2.24, 2.45) is 0 Å². The number of sulfonamides is 3. The maximum atomic E-state index is 13.2. The highest BCUT2D eigenvalue weighted by molar-refractivity contribution is 7.93. The molecule has 2 heterocycles. The standard InChI is InChI=1S/C21H28N6O9S3/c1-7-17(28)22-13-24(18(29)8-2)20(25(14-22)19(30)9-3)21-26(38(33,34)11-5)15-23(37(31,32)10-4)16-27(21)39(35,36)12-6/h7-12,20-21H,1-6,13-16H2. The third kappa shape index (κ3) is 6.10. The average molecular weight is 605 g/mol. The van der Waals surface area contributed by atoms with Gasteiger partial charge in [0, 0.05) is 16.2 Å². The van der Waals surface area contributed by atoms with Gasteiger partial charge in [-0.25, -0.2) is 25.3 Å². The van der Waals surface area contributed by atoms with Crippen LogP contribution >= 0.6 is 0 Å². The van der Waals surface area contributed by atoms with E-state index in [2.05, 4.69) is 39.5 Å². The molecule has 15 nitrogen and oxygen atoms in total. The van der Waals surface area contributed by atoms with Crippen molar-refractivity contribution >= 4 is 47.8 Å². The molecule has 2 fully saturated rings. The second kappa shape index (κ2) is 11.8. The van der Waals surface area contributed by atoms with E-state index >= 15 is 0 Å². The molecular formula is C21H28N6O9S3. The lowest BCUT2D eigenvalue weighted by molar-refractivity contribution is -0.175. The van der Waals surface area contributed by atoms with E-state index in [9.17, 15) is 39.6 Å². The van der Waals surface area contributed by atoms with Gasteiger partial charge in [0.15, 0.2) is 0 Å². The van der Waals surface area contributed by atoms with Crippen LogP contribution in [-0.4, -0.2) is 110 Å². The summed E-state index contributed by atoms with van der Waals surface area (Å²) in [4.78, 5) is 41.2. The minimum atomic E-state index is -4.68. The van der Waals surface area contributed by atoms with Crippen LogP contribution in [0.15, 0.2) is 73.9 Å². The number of nitrogens with zero attached hydrogens (tertiary/aromatic N) is 6. The summed E-state index contributed by atoms with van der Waals surface area (Å²) in [7, 11) is -13.8. The van der Waals surface area contributed by atoms with Crippen LogP contribution < -0.4 is 0 Å². The first-order valence-electron chi connectivity index (χ1n) is 10.7. The maximum absolute atomic E-state index is 13.2. The molecule has 2 saturated heterocycles. The third-order valence-electron chi connectivity index (χ3n) is 5.78. The number of carbonyl (C=O) groups excluding carboxylic acids is 3. The first-order valence-corrected chi connectivity index (χ1v) is 15.3. The van der Waals surface area contributed by atoms with Gasteiger partial charge in [-0.3, -0.25) is 24.2 Å². The van der Waals surface area contributed by atoms with Crippen molar-refractivity contribution in [2.45, 2.75) is 12.3 Å². The molecule has 0 N–H and O–H groups in total. The van der Waals surface area contributed by atoms with Crippen molar-refractivity contribution < 1.29 is 39.6 Å². The van der Waals surface area contributed by atoms with E-state index in [0.717, 1.165) is 32.9 Å². The molecule has 0 aliphatic carbocycles. The molecule has 214 valence electrons. The van der Waals surface area contributed by atoms with Crippen LogP contribution in [-0.2, 0) is 44.5 Å². The monoisotopic (exact) mass is 604 g/mol. The summed E-state index contributed by atoms with van der Waals surface area (Å²) in [5.74, 6) is -2.55. The predicted octanol–water partition coefficient (Wildman–Crippen LogP) is -1.13.